The molecular weight excluding hydrogens is 362 g/mol. The minimum absolute atomic E-state index is 0.106. The zero-order valence-corrected chi connectivity index (χ0v) is 17.2. The largest absolute Gasteiger partial charge is 0.345 e. The Morgan fingerprint density at radius 3 is 2.70 bits per heavy atom. The third-order valence-electron chi connectivity index (χ3n) is 6.26. The van der Waals surface area contributed by atoms with Crippen LogP contribution in [0.15, 0.2) is 29.4 Å². The van der Waals surface area contributed by atoms with Gasteiger partial charge in [0.2, 0.25) is 15.9 Å². The zero-order chi connectivity index (χ0) is 19.5. The Hall–Kier alpha value is -1.47. The van der Waals surface area contributed by atoms with E-state index in [2.05, 4.69) is 11.9 Å². The fourth-order valence-corrected chi connectivity index (χ4v) is 6.14. The molecular formula is C20H31N3O3S. The molecule has 1 aromatic heterocycles. The number of hydrogen-bond acceptors (Lipinski definition) is 4. The smallest absolute Gasteiger partial charge is 0.244 e. The highest BCUT2D eigenvalue weighted by Gasteiger charge is 2.53. The average molecular weight is 394 g/mol. The number of carbonyl (C=O) groups excluding carboxylic acids is 1. The Kier molecular flexibility index (Phi) is 6.21. The van der Waals surface area contributed by atoms with Crippen LogP contribution in [-0.4, -0.2) is 55.2 Å². The highest BCUT2D eigenvalue weighted by atomic mass is 32.2. The summed E-state index contributed by atoms with van der Waals surface area (Å²) in [5.74, 6) is -0.139. The molecule has 3 rings (SSSR count). The predicted molar refractivity (Wildman–Crippen MR) is 105 cm³/mol. The van der Waals surface area contributed by atoms with E-state index in [1.807, 2.05) is 11.9 Å². The van der Waals surface area contributed by atoms with Gasteiger partial charge in [0.1, 0.15) is 4.90 Å². The van der Waals surface area contributed by atoms with Gasteiger partial charge >= 0.3 is 0 Å². The first-order valence-corrected chi connectivity index (χ1v) is 11.5. The van der Waals surface area contributed by atoms with Gasteiger partial charge in [0.25, 0.3) is 0 Å². The lowest BCUT2D eigenvalue weighted by molar-refractivity contribution is -0.137. The van der Waals surface area contributed by atoms with Crippen LogP contribution in [0.2, 0.25) is 0 Å². The third kappa shape index (κ3) is 4.04. The first kappa shape index (κ1) is 20.3. The molecule has 1 spiro atoms. The van der Waals surface area contributed by atoms with Gasteiger partial charge < -0.3 is 4.90 Å². The highest BCUT2D eigenvalue weighted by molar-refractivity contribution is 7.89. The number of aromatic nitrogens is 1. The van der Waals surface area contributed by atoms with Crippen LogP contribution in [0.5, 0.6) is 0 Å². The van der Waals surface area contributed by atoms with E-state index in [0.29, 0.717) is 6.54 Å². The van der Waals surface area contributed by atoms with Gasteiger partial charge in [-0.05, 0) is 36.8 Å². The van der Waals surface area contributed by atoms with Crippen LogP contribution < -0.4 is 0 Å². The van der Waals surface area contributed by atoms with Crippen molar-refractivity contribution in [3.05, 3.63) is 24.5 Å². The standard InChI is InChI=1S/C20H31N3O3S/c1-3-4-13-22(2)19(24)18-15-23(16-20(18)10-6-5-7-11-20)27(25,26)17-9-8-12-21-14-17/h8-9,12,14,18H,3-7,10-11,13,15-16H2,1-2H3. The summed E-state index contributed by atoms with van der Waals surface area (Å²) in [4.78, 5) is 19.2. The van der Waals surface area contributed by atoms with Crippen LogP contribution in [-0.2, 0) is 14.8 Å². The number of rotatable bonds is 6. The van der Waals surface area contributed by atoms with Gasteiger partial charge in [-0.15, -0.1) is 0 Å². The van der Waals surface area contributed by atoms with Crippen molar-refractivity contribution in [3.63, 3.8) is 0 Å². The Labute approximate surface area is 163 Å². The summed E-state index contributed by atoms with van der Waals surface area (Å²) in [5, 5.41) is 0. The molecule has 1 saturated heterocycles. The Bertz CT molecular complexity index is 745. The molecule has 150 valence electrons. The summed E-state index contributed by atoms with van der Waals surface area (Å²) >= 11 is 0. The van der Waals surface area contributed by atoms with Crippen molar-refractivity contribution in [2.75, 3.05) is 26.7 Å². The second-order valence-electron chi connectivity index (χ2n) is 8.08. The summed E-state index contributed by atoms with van der Waals surface area (Å²) in [6.07, 6.45) is 10.2. The van der Waals surface area contributed by atoms with Gasteiger partial charge in [-0.25, -0.2) is 8.42 Å². The fraction of sp³-hybridized carbons (Fsp3) is 0.700. The van der Waals surface area contributed by atoms with Crippen LogP contribution >= 0.6 is 0 Å². The van der Waals surface area contributed by atoms with E-state index in [9.17, 15) is 13.2 Å². The molecule has 1 aliphatic carbocycles. The van der Waals surface area contributed by atoms with Crippen LogP contribution in [0.3, 0.4) is 0 Å². The van der Waals surface area contributed by atoms with E-state index in [0.717, 1.165) is 45.1 Å². The molecule has 0 bridgehead atoms. The maximum absolute atomic E-state index is 13.2. The van der Waals surface area contributed by atoms with Crippen molar-refractivity contribution in [2.24, 2.45) is 11.3 Å². The molecule has 1 aliphatic heterocycles. The predicted octanol–water partition coefficient (Wildman–Crippen LogP) is 2.91. The van der Waals surface area contributed by atoms with E-state index in [-0.39, 0.29) is 28.7 Å². The number of carbonyl (C=O) groups is 1. The highest BCUT2D eigenvalue weighted by Crippen LogP contribution is 2.49. The molecule has 27 heavy (non-hydrogen) atoms. The molecule has 1 aromatic rings. The molecule has 0 radical (unpaired) electrons. The first-order chi connectivity index (χ1) is 12.9. The quantitative estimate of drug-likeness (QED) is 0.745. The second-order valence-corrected chi connectivity index (χ2v) is 10.0. The Morgan fingerprint density at radius 1 is 1.33 bits per heavy atom. The van der Waals surface area contributed by atoms with Gasteiger partial charge in [-0.2, -0.15) is 4.31 Å². The summed E-state index contributed by atoms with van der Waals surface area (Å²) in [6, 6.07) is 3.22. The van der Waals surface area contributed by atoms with Crippen molar-refractivity contribution in [1.29, 1.82) is 0 Å². The number of pyridine rings is 1. The van der Waals surface area contributed by atoms with Gasteiger partial charge in [0, 0.05) is 39.1 Å². The maximum atomic E-state index is 13.2. The lowest BCUT2D eigenvalue weighted by atomic mass is 9.67. The van der Waals surface area contributed by atoms with Crippen LogP contribution in [0, 0.1) is 11.3 Å². The molecule has 0 N–H and O–H groups in total. The Morgan fingerprint density at radius 2 is 2.07 bits per heavy atom. The van der Waals surface area contributed by atoms with Gasteiger partial charge in [0.15, 0.2) is 0 Å². The normalized spacial score (nSPS) is 22.8. The lowest BCUT2D eigenvalue weighted by Crippen LogP contribution is -2.43. The number of amides is 1. The van der Waals surface area contributed by atoms with Crippen molar-refractivity contribution in [1.82, 2.24) is 14.2 Å². The monoisotopic (exact) mass is 393 g/mol. The topological polar surface area (TPSA) is 70.6 Å². The van der Waals surface area contributed by atoms with Gasteiger partial charge in [-0.3, -0.25) is 9.78 Å². The van der Waals surface area contributed by atoms with Crippen molar-refractivity contribution < 1.29 is 13.2 Å². The number of unbranched alkanes of at least 4 members (excludes halogenated alkanes) is 1. The van der Waals surface area contributed by atoms with Crippen LogP contribution in [0.25, 0.3) is 0 Å². The molecule has 0 aromatic carbocycles. The molecule has 1 unspecified atom stereocenters. The molecule has 2 fully saturated rings. The minimum Gasteiger partial charge on any atom is -0.345 e. The number of sulfonamides is 1. The van der Waals surface area contributed by atoms with E-state index < -0.39 is 10.0 Å². The van der Waals surface area contributed by atoms with Crippen LogP contribution in [0.4, 0.5) is 0 Å². The molecule has 1 saturated carbocycles. The van der Waals surface area contributed by atoms with Gasteiger partial charge in [-0.1, -0.05) is 32.6 Å². The summed E-state index contributed by atoms with van der Waals surface area (Å²) in [7, 11) is -1.77. The third-order valence-corrected chi connectivity index (χ3v) is 8.05. The van der Waals surface area contributed by atoms with Gasteiger partial charge in [0.05, 0.1) is 5.92 Å². The molecule has 2 heterocycles. The number of hydrogen-bond donors (Lipinski definition) is 0. The molecule has 1 atom stereocenters. The summed E-state index contributed by atoms with van der Waals surface area (Å²) in [5.41, 5.74) is -0.217. The Balaban J connectivity index is 1.87. The molecule has 1 amide bonds. The van der Waals surface area contributed by atoms with Crippen molar-refractivity contribution in [3.8, 4) is 0 Å². The molecule has 6 nitrogen and oxygen atoms in total. The van der Waals surface area contributed by atoms with Crippen molar-refractivity contribution >= 4 is 15.9 Å². The van der Waals surface area contributed by atoms with E-state index >= 15 is 0 Å². The SMILES string of the molecule is CCCCN(C)C(=O)C1CN(S(=O)(=O)c2cccnc2)CC12CCCCC2. The molecule has 2 aliphatic rings. The molecule has 7 heteroatoms. The zero-order valence-electron chi connectivity index (χ0n) is 16.4. The number of nitrogens with zero attached hydrogens (tertiary/aromatic N) is 3. The first-order valence-electron chi connectivity index (χ1n) is 10.1. The maximum Gasteiger partial charge on any atom is 0.244 e. The lowest BCUT2D eigenvalue weighted by Gasteiger charge is -2.38. The van der Waals surface area contributed by atoms with E-state index in [1.54, 1.807) is 18.3 Å². The summed E-state index contributed by atoms with van der Waals surface area (Å²) < 4.78 is 27.8. The van der Waals surface area contributed by atoms with Crippen molar-refractivity contribution in [2.45, 2.75) is 56.8 Å². The second kappa shape index (κ2) is 8.27. The van der Waals surface area contributed by atoms with Crippen LogP contribution in [0.1, 0.15) is 51.9 Å². The average Bonchev–Trinajstić information content (AvgIpc) is 3.06. The van der Waals surface area contributed by atoms with E-state index in [4.69, 9.17) is 0 Å². The summed E-state index contributed by atoms with van der Waals surface area (Å²) in [6.45, 7) is 3.57. The van der Waals surface area contributed by atoms with E-state index in [1.165, 1.54) is 16.9 Å². The minimum atomic E-state index is -3.62. The fourth-order valence-electron chi connectivity index (χ4n) is 4.63.